The van der Waals surface area contributed by atoms with E-state index in [1.165, 1.54) is 13.0 Å². The topological polar surface area (TPSA) is 58.2 Å². The van der Waals surface area contributed by atoms with Crippen molar-refractivity contribution in [3.8, 4) is 0 Å². The second-order valence-electron chi connectivity index (χ2n) is 4.22. The van der Waals surface area contributed by atoms with Crippen molar-refractivity contribution in [3.05, 3.63) is 51.1 Å². The molecular formula is C15H13BrN2O2S. The molecule has 0 radical (unpaired) electrons. The Morgan fingerprint density at radius 2 is 1.67 bits per heavy atom. The Morgan fingerprint density at radius 3 is 2.19 bits per heavy atom. The number of carbonyl (C=O) groups is 2. The maximum atomic E-state index is 11.8. The molecule has 4 nitrogen and oxygen atoms in total. The molecule has 1 aromatic heterocycles. The second kappa shape index (κ2) is 7.19. The van der Waals surface area contributed by atoms with E-state index < -0.39 is 0 Å². The summed E-state index contributed by atoms with van der Waals surface area (Å²) >= 11 is 4.92. The molecule has 1 heterocycles. The number of amides is 2. The molecule has 6 heteroatoms. The van der Waals surface area contributed by atoms with Gasteiger partial charge in [-0.15, -0.1) is 11.3 Å². The number of thiophene rings is 1. The third-order valence-electron chi connectivity index (χ3n) is 2.47. The highest BCUT2D eigenvalue weighted by Crippen LogP contribution is 2.23. The molecule has 21 heavy (non-hydrogen) atoms. The fraction of sp³-hybridized carbons (Fsp3) is 0.0667. The molecule has 0 saturated heterocycles. The van der Waals surface area contributed by atoms with Crippen LogP contribution in [0.5, 0.6) is 0 Å². The minimum atomic E-state index is -0.202. The summed E-state index contributed by atoms with van der Waals surface area (Å²) in [5.41, 5.74) is 1.37. The molecule has 0 aliphatic carbocycles. The maximum Gasteiger partial charge on any atom is 0.248 e. The van der Waals surface area contributed by atoms with Gasteiger partial charge in [-0.25, -0.2) is 0 Å². The van der Waals surface area contributed by atoms with Gasteiger partial charge in [0.1, 0.15) is 0 Å². The number of carbonyl (C=O) groups excluding carboxylic acids is 2. The first-order valence-corrected chi connectivity index (χ1v) is 7.76. The van der Waals surface area contributed by atoms with E-state index in [4.69, 9.17) is 0 Å². The van der Waals surface area contributed by atoms with Crippen LogP contribution in [0.4, 0.5) is 11.4 Å². The summed E-state index contributed by atoms with van der Waals surface area (Å²) in [6.45, 7) is 1.45. The van der Waals surface area contributed by atoms with Gasteiger partial charge < -0.3 is 10.6 Å². The van der Waals surface area contributed by atoms with E-state index in [1.807, 2.05) is 12.1 Å². The van der Waals surface area contributed by atoms with E-state index >= 15 is 0 Å². The number of anilines is 2. The van der Waals surface area contributed by atoms with Crippen molar-refractivity contribution in [2.24, 2.45) is 0 Å². The van der Waals surface area contributed by atoms with Crippen molar-refractivity contribution in [3.63, 3.8) is 0 Å². The lowest BCUT2D eigenvalue weighted by molar-refractivity contribution is -0.114. The lowest BCUT2D eigenvalue weighted by atomic mass is 10.2. The highest BCUT2D eigenvalue weighted by atomic mass is 79.9. The van der Waals surface area contributed by atoms with Crippen LogP contribution in [-0.4, -0.2) is 11.8 Å². The Bertz CT molecular complexity index is 677. The van der Waals surface area contributed by atoms with Gasteiger partial charge in [-0.05, 0) is 58.4 Å². The molecular weight excluding hydrogens is 352 g/mol. The highest BCUT2D eigenvalue weighted by molar-refractivity contribution is 9.11. The standard InChI is InChI=1S/C15H13BrN2O2S/c1-10(19)17-11-2-4-12(5-3-11)18-15(20)9-7-13-6-8-14(16)21-13/h2-9H,1H3,(H,17,19)(H,18,20)/b9-7+. The average Bonchev–Trinajstić information content (AvgIpc) is 2.84. The van der Waals surface area contributed by atoms with E-state index in [2.05, 4.69) is 26.6 Å². The zero-order valence-corrected chi connectivity index (χ0v) is 13.6. The van der Waals surface area contributed by atoms with Crippen molar-refractivity contribution in [2.75, 3.05) is 10.6 Å². The van der Waals surface area contributed by atoms with E-state index in [0.717, 1.165) is 8.66 Å². The van der Waals surface area contributed by atoms with Crippen LogP contribution in [0.25, 0.3) is 6.08 Å². The van der Waals surface area contributed by atoms with Gasteiger partial charge in [0.2, 0.25) is 11.8 Å². The molecule has 0 unspecified atom stereocenters. The first-order valence-electron chi connectivity index (χ1n) is 6.15. The average molecular weight is 365 g/mol. The van der Waals surface area contributed by atoms with Crippen LogP contribution in [0.1, 0.15) is 11.8 Å². The fourth-order valence-electron chi connectivity index (χ4n) is 1.60. The van der Waals surface area contributed by atoms with Gasteiger partial charge in [-0.2, -0.15) is 0 Å². The van der Waals surface area contributed by atoms with Crippen molar-refractivity contribution in [1.29, 1.82) is 0 Å². The summed E-state index contributed by atoms with van der Waals surface area (Å²) < 4.78 is 1.02. The SMILES string of the molecule is CC(=O)Nc1ccc(NC(=O)/C=C/c2ccc(Br)s2)cc1. The van der Waals surface area contributed by atoms with E-state index in [1.54, 1.807) is 41.7 Å². The van der Waals surface area contributed by atoms with Gasteiger partial charge in [0.25, 0.3) is 0 Å². The number of rotatable bonds is 4. The van der Waals surface area contributed by atoms with E-state index in [-0.39, 0.29) is 11.8 Å². The van der Waals surface area contributed by atoms with Crippen LogP contribution < -0.4 is 10.6 Å². The lowest BCUT2D eigenvalue weighted by Crippen LogP contribution is -2.08. The summed E-state index contributed by atoms with van der Waals surface area (Å²) in [5, 5.41) is 5.42. The summed E-state index contributed by atoms with van der Waals surface area (Å²) in [7, 11) is 0. The Morgan fingerprint density at radius 1 is 1.05 bits per heavy atom. The van der Waals surface area contributed by atoms with Gasteiger partial charge in [-0.3, -0.25) is 9.59 Å². The van der Waals surface area contributed by atoms with Gasteiger partial charge in [0.15, 0.2) is 0 Å². The molecule has 0 spiro atoms. The minimum absolute atomic E-state index is 0.128. The predicted molar refractivity (Wildman–Crippen MR) is 90.4 cm³/mol. The molecule has 0 aliphatic heterocycles. The minimum Gasteiger partial charge on any atom is -0.326 e. The second-order valence-corrected chi connectivity index (χ2v) is 6.72. The normalized spacial score (nSPS) is 10.6. The quantitative estimate of drug-likeness (QED) is 0.801. The molecule has 108 valence electrons. The van der Waals surface area contributed by atoms with Crippen LogP contribution in [-0.2, 0) is 9.59 Å². The molecule has 2 N–H and O–H groups in total. The summed E-state index contributed by atoms with van der Waals surface area (Å²) in [6.07, 6.45) is 3.25. The van der Waals surface area contributed by atoms with Crippen LogP contribution in [0, 0.1) is 0 Å². The Balaban J connectivity index is 1.93. The molecule has 0 fully saturated rings. The number of hydrogen-bond donors (Lipinski definition) is 2. The van der Waals surface area contributed by atoms with Crippen molar-refractivity contribution in [1.82, 2.24) is 0 Å². The van der Waals surface area contributed by atoms with Crippen LogP contribution in [0.3, 0.4) is 0 Å². The van der Waals surface area contributed by atoms with E-state index in [0.29, 0.717) is 11.4 Å². The number of hydrogen-bond acceptors (Lipinski definition) is 3. The summed E-state index contributed by atoms with van der Waals surface area (Å²) in [4.78, 5) is 23.7. The summed E-state index contributed by atoms with van der Waals surface area (Å²) in [5.74, 6) is -0.330. The zero-order valence-electron chi connectivity index (χ0n) is 11.2. The largest absolute Gasteiger partial charge is 0.326 e. The Kier molecular flexibility index (Phi) is 5.30. The Labute approximate surface area is 135 Å². The number of halogens is 1. The third kappa shape index (κ3) is 5.17. The van der Waals surface area contributed by atoms with Crippen LogP contribution >= 0.6 is 27.3 Å². The number of nitrogens with one attached hydrogen (secondary N) is 2. The highest BCUT2D eigenvalue weighted by Gasteiger charge is 2.00. The van der Waals surface area contributed by atoms with Crippen LogP contribution in [0.2, 0.25) is 0 Å². The molecule has 2 rings (SSSR count). The monoisotopic (exact) mass is 364 g/mol. The first kappa shape index (κ1) is 15.5. The summed E-state index contributed by atoms with van der Waals surface area (Å²) in [6, 6.07) is 10.8. The van der Waals surface area contributed by atoms with Crippen molar-refractivity contribution >= 4 is 56.5 Å². The van der Waals surface area contributed by atoms with Crippen molar-refractivity contribution < 1.29 is 9.59 Å². The fourth-order valence-corrected chi connectivity index (χ4v) is 2.93. The predicted octanol–water partition coefficient (Wildman–Crippen LogP) is 4.12. The lowest BCUT2D eigenvalue weighted by Gasteiger charge is -2.04. The zero-order chi connectivity index (χ0) is 15.2. The molecule has 2 amide bonds. The van der Waals surface area contributed by atoms with Gasteiger partial charge in [-0.1, -0.05) is 0 Å². The third-order valence-corrected chi connectivity index (χ3v) is 4.05. The van der Waals surface area contributed by atoms with Gasteiger partial charge >= 0.3 is 0 Å². The Hall–Kier alpha value is -1.92. The van der Waals surface area contributed by atoms with Gasteiger partial charge in [0, 0.05) is 29.3 Å². The molecule has 0 bridgehead atoms. The maximum absolute atomic E-state index is 11.8. The van der Waals surface area contributed by atoms with Crippen LogP contribution in [0.15, 0.2) is 46.3 Å². The molecule has 1 aromatic carbocycles. The van der Waals surface area contributed by atoms with Crippen molar-refractivity contribution in [2.45, 2.75) is 6.92 Å². The molecule has 2 aromatic rings. The first-order chi connectivity index (χ1) is 10.0. The molecule has 0 atom stereocenters. The molecule has 0 saturated carbocycles. The smallest absolute Gasteiger partial charge is 0.248 e. The number of benzene rings is 1. The van der Waals surface area contributed by atoms with E-state index in [9.17, 15) is 9.59 Å². The van der Waals surface area contributed by atoms with Gasteiger partial charge in [0.05, 0.1) is 3.79 Å². The molecule has 0 aliphatic rings.